The summed E-state index contributed by atoms with van der Waals surface area (Å²) in [5.74, 6) is 1.65. The van der Waals surface area contributed by atoms with E-state index in [0.29, 0.717) is 12.3 Å². The Morgan fingerprint density at radius 1 is 1.12 bits per heavy atom. The van der Waals surface area contributed by atoms with Crippen LogP contribution >= 0.6 is 0 Å². The second kappa shape index (κ2) is 10.3. The van der Waals surface area contributed by atoms with E-state index in [2.05, 4.69) is 36.2 Å². The molecule has 136 valence electrons. The second-order valence-electron chi connectivity index (χ2n) is 7.30. The van der Waals surface area contributed by atoms with Crippen molar-refractivity contribution in [2.75, 3.05) is 27.2 Å². The molecule has 4 nitrogen and oxygen atoms in total. The molecule has 1 atom stereocenters. The molecule has 0 aromatic heterocycles. The van der Waals surface area contributed by atoms with Gasteiger partial charge in [-0.3, -0.25) is 4.79 Å². The highest BCUT2D eigenvalue weighted by atomic mass is 16.5. The fourth-order valence-corrected chi connectivity index (χ4v) is 2.70. The van der Waals surface area contributed by atoms with Gasteiger partial charge in [-0.15, -0.1) is 0 Å². The maximum Gasteiger partial charge on any atom is 0.220 e. The van der Waals surface area contributed by atoms with Gasteiger partial charge in [-0.1, -0.05) is 26.0 Å². The molecule has 0 aliphatic heterocycles. The Kier molecular flexibility index (Phi) is 8.83. The van der Waals surface area contributed by atoms with E-state index in [4.69, 9.17) is 4.74 Å². The Balaban J connectivity index is 2.58. The molecule has 0 bridgehead atoms. The molecule has 1 amide bonds. The molecule has 0 saturated carbocycles. The van der Waals surface area contributed by atoms with Crippen molar-refractivity contribution in [3.8, 4) is 5.75 Å². The van der Waals surface area contributed by atoms with E-state index in [1.54, 1.807) is 0 Å². The van der Waals surface area contributed by atoms with Crippen LogP contribution in [-0.2, 0) is 4.79 Å². The molecule has 1 rings (SSSR count). The normalized spacial score (nSPS) is 12.7. The maximum atomic E-state index is 12.2. The molecule has 0 saturated heterocycles. The van der Waals surface area contributed by atoms with Crippen molar-refractivity contribution in [3.05, 3.63) is 29.8 Å². The summed E-state index contributed by atoms with van der Waals surface area (Å²) in [6.45, 7) is 10.1. The Morgan fingerprint density at radius 2 is 1.75 bits per heavy atom. The standard InChI is InChI=1S/C20H34N2O2/c1-15(2)19(14-20(23)21-12-7-13-22(5)6)17-8-10-18(11-9-17)24-16(3)4/h8-11,15-16,19H,7,12-14H2,1-6H3,(H,21,23). The smallest absolute Gasteiger partial charge is 0.220 e. The molecule has 1 unspecified atom stereocenters. The topological polar surface area (TPSA) is 41.6 Å². The minimum absolute atomic E-state index is 0.134. The lowest BCUT2D eigenvalue weighted by molar-refractivity contribution is -0.121. The third-order valence-electron chi connectivity index (χ3n) is 3.99. The molecule has 0 aliphatic carbocycles. The summed E-state index contributed by atoms with van der Waals surface area (Å²) in [7, 11) is 4.09. The van der Waals surface area contributed by atoms with Crippen LogP contribution in [0.15, 0.2) is 24.3 Å². The summed E-state index contributed by atoms with van der Waals surface area (Å²) >= 11 is 0. The Morgan fingerprint density at radius 3 is 2.25 bits per heavy atom. The second-order valence-corrected chi connectivity index (χ2v) is 7.30. The average molecular weight is 335 g/mol. The van der Waals surface area contributed by atoms with Crippen LogP contribution in [0.1, 0.15) is 52.0 Å². The molecular formula is C20H34N2O2. The van der Waals surface area contributed by atoms with E-state index in [1.165, 1.54) is 5.56 Å². The van der Waals surface area contributed by atoms with Crippen LogP contribution in [-0.4, -0.2) is 44.1 Å². The van der Waals surface area contributed by atoms with E-state index in [-0.39, 0.29) is 17.9 Å². The lowest BCUT2D eigenvalue weighted by atomic mass is 9.85. The molecule has 1 aromatic carbocycles. The molecule has 0 heterocycles. The first kappa shape index (κ1) is 20.5. The van der Waals surface area contributed by atoms with Gasteiger partial charge in [0.2, 0.25) is 5.91 Å². The van der Waals surface area contributed by atoms with Crippen LogP contribution in [0.4, 0.5) is 0 Å². The highest BCUT2D eigenvalue weighted by molar-refractivity contribution is 5.76. The number of nitrogens with zero attached hydrogens (tertiary/aromatic N) is 1. The largest absolute Gasteiger partial charge is 0.491 e. The number of hydrogen-bond donors (Lipinski definition) is 1. The fraction of sp³-hybridized carbons (Fsp3) is 0.650. The summed E-state index contributed by atoms with van der Waals surface area (Å²) in [6, 6.07) is 8.17. The third-order valence-corrected chi connectivity index (χ3v) is 3.99. The van der Waals surface area contributed by atoms with Gasteiger partial charge in [0.15, 0.2) is 0 Å². The van der Waals surface area contributed by atoms with E-state index >= 15 is 0 Å². The van der Waals surface area contributed by atoms with Gasteiger partial charge in [0.1, 0.15) is 5.75 Å². The van der Waals surface area contributed by atoms with Gasteiger partial charge in [-0.05, 0) is 70.4 Å². The maximum absolute atomic E-state index is 12.2. The van der Waals surface area contributed by atoms with Gasteiger partial charge in [-0.2, -0.15) is 0 Å². The first-order chi connectivity index (χ1) is 11.3. The lowest BCUT2D eigenvalue weighted by Crippen LogP contribution is -2.29. The molecule has 0 radical (unpaired) electrons. The fourth-order valence-electron chi connectivity index (χ4n) is 2.70. The Labute approximate surface area is 147 Å². The molecular weight excluding hydrogens is 300 g/mol. The summed E-state index contributed by atoms with van der Waals surface area (Å²) in [5.41, 5.74) is 1.20. The SMILES string of the molecule is CC(C)Oc1ccc(C(CC(=O)NCCCN(C)C)C(C)C)cc1. The quantitative estimate of drug-likeness (QED) is 0.664. The first-order valence-corrected chi connectivity index (χ1v) is 8.97. The van der Waals surface area contributed by atoms with Crippen molar-refractivity contribution in [2.45, 2.75) is 52.6 Å². The van der Waals surface area contributed by atoms with Crippen molar-refractivity contribution >= 4 is 5.91 Å². The van der Waals surface area contributed by atoms with E-state index in [0.717, 1.165) is 25.3 Å². The first-order valence-electron chi connectivity index (χ1n) is 8.97. The third kappa shape index (κ3) is 7.82. The van der Waals surface area contributed by atoms with E-state index in [1.807, 2.05) is 40.1 Å². The van der Waals surface area contributed by atoms with Gasteiger partial charge >= 0.3 is 0 Å². The molecule has 24 heavy (non-hydrogen) atoms. The van der Waals surface area contributed by atoms with Gasteiger partial charge in [0.25, 0.3) is 0 Å². The zero-order valence-electron chi connectivity index (χ0n) is 16.1. The van der Waals surface area contributed by atoms with Crippen molar-refractivity contribution in [1.29, 1.82) is 0 Å². The summed E-state index contributed by atoms with van der Waals surface area (Å²) < 4.78 is 5.69. The van der Waals surface area contributed by atoms with Crippen molar-refractivity contribution in [1.82, 2.24) is 10.2 Å². The highest BCUT2D eigenvalue weighted by Gasteiger charge is 2.19. The molecule has 4 heteroatoms. The Bertz CT molecular complexity index is 481. The number of carbonyl (C=O) groups is 1. The van der Waals surface area contributed by atoms with Crippen LogP contribution in [0.25, 0.3) is 0 Å². The average Bonchev–Trinajstić information content (AvgIpc) is 2.49. The van der Waals surface area contributed by atoms with Gasteiger partial charge in [-0.25, -0.2) is 0 Å². The van der Waals surface area contributed by atoms with Crippen molar-refractivity contribution < 1.29 is 9.53 Å². The van der Waals surface area contributed by atoms with Crippen LogP contribution < -0.4 is 10.1 Å². The highest BCUT2D eigenvalue weighted by Crippen LogP contribution is 2.29. The van der Waals surface area contributed by atoms with Gasteiger partial charge in [0.05, 0.1) is 6.10 Å². The van der Waals surface area contributed by atoms with Crippen LogP contribution in [0.5, 0.6) is 5.75 Å². The minimum atomic E-state index is 0.134. The predicted molar refractivity (Wildman–Crippen MR) is 101 cm³/mol. The van der Waals surface area contributed by atoms with E-state index < -0.39 is 0 Å². The minimum Gasteiger partial charge on any atom is -0.491 e. The molecule has 0 fully saturated rings. The number of amides is 1. The number of nitrogens with one attached hydrogen (secondary N) is 1. The van der Waals surface area contributed by atoms with Crippen LogP contribution in [0.3, 0.4) is 0 Å². The van der Waals surface area contributed by atoms with Crippen molar-refractivity contribution in [2.24, 2.45) is 5.92 Å². The zero-order valence-corrected chi connectivity index (χ0v) is 16.1. The van der Waals surface area contributed by atoms with Gasteiger partial charge < -0.3 is 15.0 Å². The number of carbonyl (C=O) groups excluding carboxylic acids is 1. The van der Waals surface area contributed by atoms with Crippen molar-refractivity contribution in [3.63, 3.8) is 0 Å². The number of ether oxygens (including phenoxy) is 1. The number of benzene rings is 1. The van der Waals surface area contributed by atoms with Crippen LogP contribution in [0.2, 0.25) is 0 Å². The molecule has 1 aromatic rings. The number of rotatable bonds is 10. The number of hydrogen-bond acceptors (Lipinski definition) is 3. The monoisotopic (exact) mass is 334 g/mol. The molecule has 1 N–H and O–H groups in total. The Hall–Kier alpha value is -1.55. The summed E-state index contributed by atoms with van der Waals surface area (Å²) in [6.07, 6.45) is 1.68. The van der Waals surface area contributed by atoms with E-state index in [9.17, 15) is 4.79 Å². The molecule has 0 spiro atoms. The summed E-state index contributed by atoms with van der Waals surface area (Å²) in [5, 5.41) is 3.04. The molecule has 0 aliphatic rings. The lowest BCUT2D eigenvalue weighted by Gasteiger charge is -2.21. The predicted octanol–water partition coefficient (Wildman–Crippen LogP) is 3.67. The zero-order chi connectivity index (χ0) is 18.1. The van der Waals surface area contributed by atoms with Gasteiger partial charge in [0, 0.05) is 13.0 Å². The summed E-state index contributed by atoms with van der Waals surface area (Å²) in [4.78, 5) is 14.4. The van der Waals surface area contributed by atoms with Crippen LogP contribution in [0, 0.1) is 5.92 Å².